The third-order valence-corrected chi connectivity index (χ3v) is 5.02. The molecule has 0 aliphatic heterocycles. The molecule has 0 radical (unpaired) electrons. The third-order valence-electron chi connectivity index (χ3n) is 4.57. The molecule has 0 fully saturated rings. The van der Waals surface area contributed by atoms with Crippen molar-refractivity contribution in [2.45, 2.75) is 33.5 Å². The number of hydrogen-bond acceptors (Lipinski definition) is 3. The lowest BCUT2D eigenvalue weighted by atomic mass is 10.1. The van der Waals surface area contributed by atoms with Crippen LogP contribution in [0.15, 0.2) is 24.3 Å². The number of carbonyl (C=O) groups excluding carboxylic acids is 1. The van der Waals surface area contributed by atoms with Crippen molar-refractivity contribution in [3.63, 3.8) is 0 Å². The highest BCUT2D eigenvalue weighted by molar-refractivity contribution is 6.34. The second-order valence-corrected chi connectivity index (χ2v) is 7.11. The summed E-state index contributed by atoms with van der Waals surface area (Å²) in [5.41, 5.74) is 2.12. The van der Waals surface area contributed by atoms with Crippen LogP contribution in [-0.2, 0) is 19.8 Å². The van der Waals surface area contributed by atoms with Gasteiger partial charge in [0.25, 0.3) is 5.91 Å². The van der Waals surface area contributed by atoms with Crippen molar-refractivity contribution in [1.82, 2.24) is 19.6 Å². The van der Waals surface area contributed by atoms with Gasteiger partial charge in [0.15, 0.2) is 0 Å². The molecule has 0 aliphatic carbocycles. The molecule has 10 heteroatoms. The molecule has 154 valence electrons. The quantitative estimate of drug-likeness (QED) is 0.668. The maximum atomic E-state index is 12.9. The number of halogens is 4. The molecule has 1 aromatic carbocycles. The number of alkyl halides is 3. The molecule has 2 aromatic heterocycles. The lowest BCUT2D eigenvalue weighted by Gasteiger charge is -2.10. The number of hydrogen-bond donors (Lipinski definition) is 1. The fourth-order valence-corrected chi connectivity index (χ4v) is 3.35. The van der Waals surface area contributed by atoms with Gasteiger partial charge in [-0.05, 0) is 38.5 Å². The minimum Gasteiger partial charge on any atom is -0.317 e. The van der Waals surface area contributed by atoms with Crippen LogP contribution in [0.3, 0.4) is 0 Å². The Morgan fingerprint density at radius 2 is 1.86 bits per heavy atom. The van der Waals surface area contributed by atoms with Crippen LogP contribution < -0.4 is 5.32 Å². The second kappa shape index (κ2) is 7.55. The summed E-state index contributed by atoms with van der Waals surface area (Å²) in [6, 6.07) is 5.07. The van der Waals surface area contributed by atoms with Crippen LogP contribution >= 0.6 is 11.6 Å². The van der Waals surface area contributed by atoms with Crippen LogP contribution in [0.25, 0.3) is 0 Å². The number of amides is 1. The number of nitrogens with one attached hydrogen (secondary N) is 1. The van der Waals surface area contributed by atoms with Crippen LogP contribution in [0.4, 0.5) is 18.9 Å². The van der Waals surface area contributed by atoms with Crippen molar-refractivity contribution in [2.24, 2.45) is 7.05 Å². The molecule has 0 unspecified atom stereocenters. The minimum absolute atomic E-state index is 0.137. The summed E-state index contributed by atoms with van der Waals surface area (Å²) in [4.78, 5) is 12.7. The Morgan fingerprint density at radius 1 is 1.17 bits per heavy atom. The highest BCUT2D eigenvalue weighted by Gasteiger charge is 2.30. The van der Waals surface area contributed by atoms with E-state index in [1.807, 2.05) is 0 Å². The summed E-state index contributed by atoms with van der Waals surface area (Å²) >= 11 is 6.16. The normalized spacial score (nSPS) is 11.7. The number of anilines is 1. The lowest BCUT2D eigenvalue weighted by molar-refractivity contribution is -0.137. The van der Waals surface area contributed by atoms with Gasteiger partial charge in [0.1, 0.15) is 5.69 Å². The first kappa shape index (κ1) is 20.9. The summed E-state index contributed by atoms with van der Waals surface area (Å²) in [5.74, 6) is -0.442. The molecule has 0 spiro atoms. The summed E-state index contributed by atoms with van der Waals surface area (Å²) in [5, 5.41) is 11.5. The van der Waals surface area contributed by atoms with Gasteiger partial charge in [0.05, 0.1) is 39.9 Å². The van der Waals surface area contributed by atoms with Gasteiger partial charge < -0.3 is 5.32 Å². The minimum atomic E-state index is -4.41. The number of rotatable bonds is 4. The molecule has 3 aromatic rings. The van der Waals surface area contributed by atoms with E-state index in [1.165, 1.54) is 10.7 Å². The average molecular weight is 426 g/mol. The Balaban J connectivity index is 1.87. The Kier molecular flexibility index (Phi) is 5.44. The van der Waals surface area contributed by atoms with Crippen LogP contribution in [-0.4, -0.2) is 25.5 Å². The zero-order valence-corrected chi connectivity index (χ0v) is 17.0. The smallest absolute Gasteiger partial charge is 0.317 e. The van der Waals surface area contributed by atoms with Gasteiger partial charge in [0.2, 0.25) is 0 Å². The molecular weight excluding hydrogens is 407 g/mol. The molecule has 0 saturated carbocycles. The Morgan fingerprint density at radius 3 is 2.45 bits per heavy atom. The molecule has 29 heavy (non-hydrogen) atoms. The molecule has 3 rings (SSSR count). The molecule has 0 saturated heterocycles. The number of benzene rings is 1. The predicted octanol–water partition coefficient (Wildman–Crippen LogP) is 4.51. The Hall–Kier alpha value is -2.81. The molecule has 0 aliphatic rings. The molecular formula is C19H19ClF3N5O. The zero-order chi connectivity index (χ0) is 21.5. The monoisotopic (exact) mass is 425 g/mol. The fourth-order valence-electron chi connectivity index (χ4n) is 3.10. The van der Waals surface area contributed by atoms with Crippen LogP contribution in [0.1, 0.15) is 38.7 Å². The zero-order valence-electron chi connectivity index (χ0n) is 16.2. The van der Waals surface area contributed by atoms with Gasteiger partial charge >= 0.3 is 6.18 Å². The molecule has 0 atom stereocenters. The summed E-state index contributed by atoms with van der Waals surface area (Å²) in [6.45, 7) is 5.28. The van der Waals surface area contributed by atoms with Crippen molar-refractivity contribution >= 4 is 23.2 Å². The molecule has 6 nitrogen and oxygen atoms in total. The Bertz CT molecular complexity index is 1080. The van der Waals surface area contributed by atoms with E-state index >= 15 is 0 Å². The van der Waals surface area contributed by atoms with E-state index < -0.39 is 17.6 Å². The molecule has 0 bridgehead atoms. The van der Waals surface area contributed by atoms with Gasteiger partial charge in [-0.1, -0.05) is 23.7 Å². The number of aryl methyl sites for hydroxylation is 3. The second-order valence-electron chi connectivity index (χ2n) is 6.73. The largest absolute Gasteiger partial charge is 0.416 e. The van der Waals surface area contributed by atoms with E-state index in [4.69, 9.17) is 11.6 Å². The van der Waals surface area contributed by atoms with E-state index in [2.05, 4.69) is 15.5 Å². The van der Waals surface area contributed by atoms with Crippen molar-refractivity contribution < 1.29 is 18.0 Å². The van der Waals surface area contributed by atoms with E-state index in [1.54, 1.807) is 38.6 Å². The summed E-state index contributed by atoms with van der Waals surface area (Å²) in [7, 11) is 1.62. The van der Waals surface area contributed by atoms with Gasteiger partial charge in [0, 0.05) is 7.05 Å². The number of carbonyl (C=O) groups is 1. The topological polar surface area (TPSA) is 64.7 Å². The highest BCUT2D eigenvalue weighted by Crippen LogP contribution is 2.30. The predicted molar refractivity (Wildman–Crippen MR) is 103 cm³/mol. The van der Waals surface area contributed by atoms with Crippen LogP contribution in [0.2, 0.25) is 5.02 Å². The number of nitrogens with zero attached hydrogens (tertiary/aromatic N) is 4. The summed E-state index contributed by atoms with van der Waals surface area (Å²) < 4.78 is 41.8. The molecule has 2 heterocycles. The maximum absolute atomic E-state index is 12.9. The van der Waals surface area contributed by atoms with Gasteiger partial charge in [-0.2, -0.15) is 23.4 Å². The summed E-state index contributed by atoms with van der Waals surface area (Å²) in [6.07, 6.45) is -4.41. The van der Waals surface area contributed by atoms with E-state index in [-0.39, 0.29) is 17.3 Å². The third kappa shape index (κ3) is 4.14. The SMILES string of the molecule is Cc1nn(C)c(C(=O)Nc2c(C)nn(Cc3cccc(C(F)(F)F)c3)c2C)c1Cl. The first-order chi connectivity index (χ1) is 13.5. The van der Waals surface area contributed by atoms with Crippen LogP contribution in [0, 0.1) is 20.8 Å². The van der Waals surface area contributed by atoms with Crippen molar-refractivity contribution in [1.29, 1.82) is 0 Å². The van der Waals surface area contributed by atoms with Gasteiger partial charge in [-0.25, -0.2) is 0 Å². The Labute approximate surface area is 170 Å². The first-order valence-electron chi connectivity index (χ1n) is 8.69. The van der Waals surface area contributed by atoms with E-state index in [0.717, 1.165) is 12.1 Å². The van der Waals surface area contributed by atoms with E-state index in [0.29, 0.717) is 28.3 Å². The fraction of sp³-hybridized carbons (Fsp3) is 0.316. The average Bonchev–Trinajstić information content (AvgIpc) is 3.03. The molecule has 1 amide bonds. The van der Waals surface area contributed by atoms with Crippen molar-refractivity contribution in [3.8, 4) is 0 Å². The van der Waals surface area contributed by atoms with Gasteiger partial charge in [-0.15, -0.1) is 0 Å². The lowest BCUT2D eigenvalue weighted by Crippen LogP contribution is -2.17. The highest BCUT2D eigenvalue weighted by atomic mass is 35.5. The van der Waals surface area contributed by atoms with Crippen LogP contribution in [0.5, 0.6) is 0 Å². The van der Waals surface area contributed by atoms with E-state index in [9.17, 15) is 18.0 Å². The first-order valence-corrected chi connectivity index (χ1v) is 9.07. The standard InChI is InChI=1S/C19H19ClF3N5O/c1-10-15(20)17(27(4)25-10)18(29)24-16-11(2)26-28(12(16)3)9-13-6-5-7-14(8-13)19(21,22)23/h5-8H,9H2,1-4H3,(H,24,29). The van der Waals surface area contributed by atoms with Crippen molar-refractivity contribution in [3.05, 3.63) is 63.2 Å². The van der Waals surface area contributed by atoms with Gasteiger partial charge in [-0.3, -0.25) is 14.2 Å². The number of aromatic nitrogens is 4. The van der Waals surface area contributed by atoms with Crippen molar-refractivity contribution in [2.75, 3.05) is 5.32 Å². The maximum Gasteiger partial charge on any atom is 0.416 e. The molecule has 1 N–H and O–H groups in total.